The molecular formula is C47H39N3O28S8. The second-order valence-corrected chi connectivity index (χ2v) is 29.7. The second-order valence-electron chi connectivity index (χ2n) is 18.5. The number of nitrogens with zero attached hydrogens (tertiary/aromatic N) is 2. The topological polar surface area (TPSA) is 530 Å². The first kappa shape index (κ1) is 64.5. The van der Waals surface area contributed by atoms with Crippen molar-refractivity contribution in [2.75, 3.05) is 18.9 Å². The lowest BCUT2D eigenvalue weighted by Gasteiger charge is -2.23. The maximum Gasteiger partial charge on any atom is 0.303 e. The van der Waals surface area contributed by atoms with E-state index in [1.54, 1.807) is 0 Å². The van der Waals surface area contributed by atoms with Crippen molar-refractivity contribution in [1.82, 2.24) is 4.90 Å². The molecule has 0 aromatic heterocycles. The van der Waals surface area contributed by atoms with Crippen molar-refractivity contribution in [3.05, 3.63) is 119 Å². The molecule has 0 saturated heterocycles. The Kier molecular flexibility index (Phi) is 16.8. The van der Waals surface area contributed by atoms with Crippen LogP contribution in [0.5, 0.6) is 0 Å². The van der Waals surface area contributed by atoms with Gasteiger partial charge in [-0.2, -0.15) is 67.3 Å². The summed E-state index contributed by atoms with van der Waals surface area (Å²) in [7, 11) is -43.1. The van der Waals surface area contributed by atoms with Gasteiger partial charge in [0, 0.05) is 70.2 Å². The van der Waals surface area contributed by atoms with E-state index < -0.39 is 211 Å². The van der Waals surface area contributed by atoms with E-state index in [0.717, 1.165) is 41.3 Å². The fraction of sp³-hybridized carbons (Fsp3) is 0.128. The summed E-state index contributed by atoms with van der Waals surface area (Å²) >= 11 is 0. The minimum absolute atomic E-state index is 0.0622. The highest BCUT2D eigenvalue weighted by molar-refractivity contribution is 7.88. The Hall–Kier alpha value is -7.45. The Morgan fingerprint density at radius 2 is 0.988 bits per heavy atom. The van der Waals surface area contributed by atoms with Gasteiger partial charge in [-0.3, -0.25) is 51.0 Å². The third-order valence-corrected chi connectivity index (χ3v) is 19.9. The first-order valence-corrected chi connectivity index (χ1v) is 34.8. The Morgan fingerprint density at radius 3 is 1.48 bits per heavy atom. The number of anilines is 1. The maximum atomic E-state index is 14.3. The van der Waals surface area contributed by atoms with Gasteiger partial charge in [0.05, 0.1) is 27.4 Å². The van der Waals surface area contributed by atoms with Gasteiger partial charge in [-0.15, -0.1) is 0 Å². The van der Waals surface area contributed by atoms with Gasteiger partial charge in [-0.1, -0.05) is 18.2 Å². The van der Waals surface area contributed by atoms with Gasteiger partial charge in [0.1, 0.15) is 19.6 Å². The molecule has 0 spiro atoms. The van der Waals surface area contributed by atoms with Crippen LogP contribution in [0, 0.1) is 0 Å². The summed E-state index contributed by atoms with van der Waals surface area (Å²) in [6.45, 7) is -2.05. The summed E-state index contributed by atoms with van der Waals surface area (Å²) in [5.74, 6) is -3.07. The maximum absolute atomic E-state index is 14.3. The van der Waals surface area contributed by atoms with Crippen LogP contribution in [-0.2, 0) is 98.8 Å². The molecule has 31 nitrogen and oxygen atoms in total. The molecule has 10 N–H and O–H groups in total. The number of rotatable bonds is 19. The average Bonchev–Trinajstić information content (AvgIpc) is 0.842. The summed E-state index contributed by atoms with van der Waals surface area (Å²) in [6, 6.07) is 13.3. The summed E-state index contributed by atoms with van der Waals surface area (Å²) in [4.78, 5) is 20.5. The fourth-order valence-corrected chi connectivity index (χ4v) is 15.0. The van der Waals surface area contributed by atoms with E-state index in [9.17, 15) is 118 Å². The van der Waals surface area contributed by atoms with Gasteiger partial charge in [-0.05, 0) is 102 Å². The van der Waals surface area contributed by atoms with Crippen LogP contribution in [0.4, 0.5) is 5.69 Å². The number of carboxylic acids is 1. The number of hydrogen-bond acceptors (Lipinski definition) is 21. The van der Waals surface area contributed by atoms with Crippen LogP contribution in [0.3, 0.4) is 0 Å². The number of carboxylic acid groups (broad SMARTS) is 1. The molecule has 86 heavy (non-hydrogen) atoms. The average molecular weight is 1350 g/mol. The molecule has 1 heterocycles. The third-order valence-electron chi connectivity index (χ3n) is 12.8. The van der Waals surface area contributed by atoms with Crippen molar-refractivity contribution in [2.45, 2.75) is 65.1 Å². The van der Waals surface area contributed by atoms with E-state index in [0.29, 0.717) is 24.3 Å². The van der Waals surface area contributed by atoms with E-state index >= 15 is 0 Å². The monoisotopic (exact) mass is 1350 g/mol. The van der Waals surface area contributed by atoms with Gasteiger partial charge >= 0.3 is 5.97 Å². The zero-order valence-corrected chi connectivity index (χ0v) is 49.2. The lowest BCUT2D eigenvalue weighted by molar-refractivity contribution is -0.137. The van der Waals surface area contributed by atoms with Crippen LogP contribution in [0.1, 0.15) is 34.3 Å². The Morgan fingerprint density at radius 1 is 0.512 bits per heavy atom. The van der Waals surface area contributed by atoms with Gasteiger partial charge in [0.2, 0.25) is 0 Å². The summed E-state index contributed by atoms with van der Waals surface area (Å²) < 4.78 is 293. The van der Waals surface area contributed by atoms with Crippen molar-refractivity contribution in [3.63, 3.8) is 0 Å². The zero-order chi connectivity index (χ0) is 64.0. The number of carbonyl (C=O) groups excluding carboxylic acids is 1. The third kappa shape index (κ3) is 13.3. The van der Waals surface area contributed by atoms with Crippen molar-refractivity contribution >= 4 is 131 Å². The molecule has 0 atom stereocenters. The molecule has 1 aliphatic carbocycles. The number of carbonyl (C=O) groups is 2. The number of amides is 1. The van der Waals surface area contributed by atoms with Crippen molar-refractivity contribution in [1.29, 1.82) is 0 Å². The van der Waals surface area contributed by atoms with Crippen molar-refractivity contribution in [3.8, 4) is 22.5 Å². The predicted octanol–water partition coefficient (Wildman–Crippen LogP) is 4.13. The molecular weight excluding hydrogens is 1310 g/mol. The molecule has 2 aliphatic rings. The normalized spacial score (nSPS) is 13.4. The number of hydrogen-bond donors (Lipinski definition) is 10. The fourth-order valence-electron chi connectivity index (χ4n) is 9.25. The molecule has 0 unspecified atom stereocenters. The van der Waals surface area contributed by atoms with Crippen LogP contribution in [0.15, 0.2) is 146 Å². The first-order chi connectivity index (χ1) is 39.4. The second kappa shape index (κ2) is 22.4. The van der Waals surface area contributed by atoms with Gasteiger partial charge in [0.25, 0.3) is 86.9 Å². The smallest absolute Gasteiger partial charge is 0.303 e. The van der Waals surface area contributed by atoms with E-state index in [4.69, 9.17) is 4.42 Å². The van der Waals surface area contributed by atoms with Gasteiger partial charge in [-0.25, -0.2) is 0 Å². The van der Waals surface area contributed by atoms with Crippen LogP contribution in [0.25, 0.3) is 55.0 Å². The van der Waals surface area contributed by atoms with E-state index in [1.807, 2.05) is 0 Å². The highest BCUT2D eigenvalue weighted by Gasteiger charge is 2.34. The molecule has 0 fully saturated rings. The van der Waals surface area contributed by atoms with Crippen LogP contribution >= 0.6 is 0 Å². The first-order valence-electron chi connectivity index (χ1n) is 23.3. The molecule has 0 radical (unpaired) electrons. The van der Waals surface area contributed by atoms with Crippen LogP contribution in [-0.4, -0.2) is 139 Å². The number of aliphatic carboxylic acids is 1. The minimum atomic E-state index is -5.81. The molecule has 8 rings (SSSR count). The lowest BCUT2D eigenvalue weighted by Crippen LogP contribution is -2.28. The van der Waals surface area contributed by atoms with E-state index in [-0.39, 0.29) is 48.2 Å². The Balaban J connectivity index is 1.44. The largest absolute Gasteiger partial charge is 0.481 e. The zero-order valence-electron chi connectivity index (χ0n) is 42.7. The van der Waals surface area contributed by atoms with Crippen LogP contribution in [0.2, 0.25) is 0 Å². The van der Waals surface area contributed by atoms with Crippen molar-refractivity contribution < 1.29 is 123 Å². The summed E-state index contributed by atoms with van der Waals surface area (Å²) in [5, 5.41) is 7.08. The quantitative estimate of drug-likeness (QED) is 0.0402. The Labute approximate surface area is 486 Å². The molecule has 0 saturated carbocycles. The van der Waals surface area contributed by atoms with Crippen molar-refractivity contribution in [2.24, 2.45) is 4.99 Å². The highest BCUT2D eigenvalue weighted by Crippen LogP contribution is 2.47. The highest BCUT2D eigenvalue weighted by atomic mass is 32.2. The van der Waals surface area contributed by atoms with Crippen LogP contribution < -0.4 is 10.7 Å². The molecule has 6 aromatic rings. The minimum Gasteiger partial charge on any atom is -0.481 e. The molecule has 458 valence electrons. The summed E-state index contributed by atoms with van der Waals surface area (Å²) in [6.07, 6.45) is -0.444. The van der Waals surface area contributed by atoms with Gasteiger partial charge < -0.3 is 19.7 Å². The number of benzene rings is 7. The SMILES string of the molecule is CN(CCCC(=O)O)C(=O)c1ccccc1-c1c2ccc(=NCc3cc(S(=O)(=O)O)c4cc(S(=O)(=O)O)cc(S(=O)(=O)O)c4c3)c(S(=O)(=O)O)c-2oc2c(S(=O)(=O)O)c(NCc3cc(S(=O)(=O)O)c4cc(S(=O)(=O)O)cc(S(=O)(=O)O)c4c3)ccc12. The molecule has 1 amide bonds. The predicted molar refractivity (Wildman–Crippen MR) is 295 cm³/mol. The number of nitrogens with one attached hydrogen (secondary N) is 1. The van der Waals surface area contributed by atoms with E-state index in [2.05, 4.69) is 10.3 Å². The van der Waals surface area contributed by atoms with E-state index in [1.165, 1.54) is 31.3 Å². The standard InChI is InChI=1S/C47H39N3O28S8/c1-50(12-4-7-41(51)52)47(53)28-6-3-2-5-27(28)42-29-8-10-35(48-21-23-13-31-33(37(15-23)81(60,61)62)17-25(79(54,55)56)19-39(31)83(66,67)68)45(85(72,73)74)43(29)78-44-30(42)9-11-36(46(44)86(75,76)77)49-22-24-14-32-34(38(16-24)82(63,64)65)18-26(80(57,58)59)20-40(32)84(69,70)71/h2-3,5-6,8-11,13-20,48H,4,7,12,21-22H2,1H3,(H,51,52)(H,54,55,56)(H,57,58,59)(H,60,61,62)(H,63,64,65)(H,66,67,68)(H,69,70,71)(H,72,73,74)(H,75,76,77). The molecule has 6 aromatic carbocycles. The van der Waals surface area contributed by atoms with Gasteiger partial charge in [0.15, 0.2) is 21.1 Å². The lowest BCUT2D eigenvalue weighted by atomic mass is 9.90. The summed E-state index contributed by atoms with van der Waals surface area (Å²) in [5.41, 5.74) is -3.83. The Bertz CT molecular complexity index is 5300. The molecule has 0 bridgehead atoms. The number of fused-ring (bicyclic) bond motifs is 4. The molecule has 1 aliphatic heterocycles. The molecule has 39 heteroatoms.